The fourth-order valence-electron chi connectivity index (χ4n) is 7.43. The van der Waals surface area contributed by atoms with Crippen molar-refractivity contribution in [1.29, 1.82) is 0 Å². The molecule has 10 heteroatoms. The number of nitrogens with one attached hydrogen (secondary N) is 1. The number of hydrogen-bond donors (Lipinski definition) is 1. The molecule has 1 unspecified atom stereocenters. The Morgan fingerprint density at radius 3 is 2.46 bits per heavy atom. The number of amides is 1. The monoisotopic (exact) mass is 664 g/mol. The number of benzene rings is 2. The zero-order valence-corrected chi connectivity index (χ0v) is 28.7. The number of carbonyl (C=O) groups excluding carboxylic acids is 1. The van der Waals surface area contributed by atoms with Crippen LogP contribution in [0, 0.1) is 0 Å². The first-order valence-electron chi connectivity index (χ1n) is 16.9. The van der Waals surface area contributed by atoms with Crippen LogP contribution < -0.4 is 9.46 Å². The van der Waals surface area contributed by atoms with Crippen LogP contribution in [0.4, 0.5) is 0 Å². The van der Waals surface area contributed by atoms with Crippen LogP contribution in [0.2, 0.25) is 0 Å². The van der Waals surface area contributed by atoms with E-state index in [1.54, 1.807) is 32.6 Å². The Balaban J connectivity index is 1.27. The largest absolute Gasteiger partial charge is 0.460 e. The molecule has 0 radical (unpaired) electrons. The number of rotatable bonds is 8. The average molecular weight is 665 g/mol. The molecule has 0 spiro atoms. The Labute approximate surface area is 283 Å². The molecule has 4 aromatic rings. The quantitative estimate of drug-likeness (QED) is 0.218. The van der Waals surface area contributed by atoms with Gasteiger partial charge in [0.15, 0.2) is 0 Å². The van der Waals surface area contributed by atoms with E-state index in [1.165, 1.54) is 51.3 Å². The zero-order valence-electron chi connectivity index (χ0n) is 27.9. The van der Waals surface area contributed by atoms with Crippen LogP contribution >= 0.6 is 0 Å². The minimum absolute atomic E-state index is 0.0587. The molecule has 1 N–H and O–H groups in total. The molecule has 250 valence electrons. The average Bonchev–Trinajstić information content (AvgIpc) is 3.31. The van der Waals surface area contributed by atoms with Gasteiger partial charge in [0.2, 0.25) is 0 Å². The Morgan fingerprint density at radius 1 is 1.00 bits per heavy atom. The highest BCUT2D eigenvalue weighted by molar-refractivity contribution is 7.96. The van der Waals surface area contributed by atoms with E-state index in [2.05, 4.69) is 73.0 Å². The molecule has 2 aliphatic heterocycles. The molecule has 0 bridgehead atoms. The van der Waals surface area contributed by atoms with Crippen molar-refractivity contribution >= 4 is 38.7 Å². The van der Waals surface area contributed by atoms with Gasteiger partial charge in [-0.2, -0.15) is 0 Å². The lowest BCUT2D eigenvalue weighted by Crippen LogP contribution is -2.39. The van der Waals surface area contributed by atoms with Gasteiger partial charge in [-0.3, -0.25) is 9.52 Å². The molecule has 3 aliphatic rings. The number of hydrogen-bond acceptors (Lipinski definition) is 6. The summed E-state index contributed by atoms with van der Waals surface area (Å²) in [6.07, 6.45) is 13.5. The minimum atomic E-state index is -2.94. The maximum atomic E-state index is 13.5. The van der Waals surface area contributed by atoms with Crippen LogP contribution in [-0.4, -0.2) is 73.0 Å². The van der Waals surface area contributed by atoms with E-state index in [-0.39, 0.29) is 6.10 Å². The van der Waals surface area contributed by atoms with Gasteiger partial charge in [0.1, 0.15) is 16.0 Å². The number of aromatic nitrogens is 3. The predicted molar refractivity (Wildman–Crippen MR) is 194 cm³/mol. The van der Waals surface area contributed by atoms with Gasteiger partial charge in [0, 0.05) is 80.1 Å². The molecule has 7 rings (SSSR count). The van der Waals surface area contributed by atoms with Gasteiger partial charge in [-0.25, -0.2) is 18.5 Å². The Morgan fingerprint density at radius 2 is 1.73 bits per heavy atom. The van der Waals surface area contributed by atoms with Crippen LogP contribution in [0.3, 0.4) is 0 Å². The van der Waals surface area contributed by atoms with Gasteiger partial charge in [0.05, 0.1) is 12.2 Å². The van der Waals surface area contributed by atoms with Crippen molar-refractivity contribution in [3.05, 3.63) is 95.5 Å². The molecule has 1 aliphatic carbocycles. The van der Waals surface area contributed by atoms with Gasteiger partial charge in [0.25, 0.3) is 5.91 Å². The van der Waals surface area contributed by atoms with E-state index in [0.29, 0.717) is 24.0 Å². The number of carbonyl (C=O) groups is 1. The van der Waals surface area contributed by atoms with Crippen LogP contribution in [0.5, 0.6) is 6.01 Å². The summed E-state index contributed by atoms with van der Waals surface area (Å²) in [6, 6.07) is 16.8. The van der Waals surface area contributed by atoms with Crippen LogP contribution in [0.25, 0.3) is 28.2 Å². The van der Waals surface area contributed by atoms with Gasteiger partial charge >= 0.3 is 6.01 Å². The van der Waals surface area contributed by atoms with E-state index in [9.17, 15) is 9.00 Å². The highest BCUT2D eigenvalue weighted by atomic mass is 32.2. The van der Waals surface area contributed by atoms with E-state index < -0.39 is 15.8 Å². The first kappa shape index (κ1) is 32.2. The number of piperidine rings is 1. The van der Waals surface area contributed by atoms with Crippen molar-refractivity contribution in [3.63, 3.8) is 0 Å². The molecule has 1 atom stereocenters. The summed E-state index contributed by atoms with van der Waals surface area (Å²) >= 11 is 0. The normalized spacial score (nSPS) is 18.4. The van der Waals surface area contributed by atoms with Gasteiger partial charge in [-0.15, -0.1) is 0 Å². The van der Waals surface area contributed by atoms with E-state index in [4.69, 9.17) is 4.74 Å². The smallest absolute Gasteiger partial charge is 0.316 e. The Hall–Kier alpha value is -4.41. The Bertz CT molecular complexity index is 1990. The molecule has 1 saturated heterocycles. The minimum Gasteiger partial charge on any atom is -0.460 e. The highest BCUT2D eigenvalue weighted by Gasteiger charge is 2.31. The Kier molecular flexibility index (Phi) is 8.87. The molecule has 1 saturated carbocycles. The first-order chi connectivity index (χ1) is 23.2. The third-order valence-electron chi connectivity index (χ3n) is 10.1. The summed E-state index contributed by atoms with van der Waals surface area (Å²) in [5, 5.41) is 1.18. The van der Waals surface area contributed by atoms with Crippen molar-refractivity contribution in [2.24, 2.45) is 0 Å². The van der Waals surface area contributed by atoms with E-state index >= 15 is 0 Å². The first-order valence-corrected chi connectivity index (χ1v) is 18.6. The van der Waals surface area contributed by atoms with Crippen LogP contribution in [0.15, 0.2) is 78.8 Å². The lowest BCUT2D eigenvalue weighted by atomic mass is 9.81. The zero-order chi connectivity index (χ0) is 33.4. The standard InChI is InChI=1S/C38H44N6O3S/c1-26(43-21-17-31(18-22-43)47-38-39-19-10-20-40-38)30-23-28-13-8-9-14-32(28)36-35(27-11-6-5-7-12-27)33-16-15-29(24-34(33)44(36)25-30)37(45)41-48(4,46)42(2)3/h8-10,13-16,19-20,23-24,27,31H,1,4-7,11-12,17-18,21-22,25H2,2-3H3,(H,41,45,46). The molecule has 4 heterocycles. The number of fused-ring (bicyclic) bond motifs is 5. The fraction of sp³-hybridized carbons (Fsp3) is 0.368. The molecule has 1 amide bonds. The van der Waals surface area contributed by atoms with Crippen LogP contribution in [-0.2, 0) is 16.4 Å². The third-order valence-corrected chi connectivity index (χ3v) is 11.8. The second kappa shape index (κ2) is 13.2. The summed E-state index contributed by atoms with van der Waals surface area (Å²) in [5.41, 5.74) is 8.59. The lowest BCUT2D eigenvalue weighted by Gasteiger charge is -2.35. The number of nitrogens with zero attached hydrogens (tertiary/aromatic N) is 5. The van der Waals surface area contributed by atoms with Crippen molar-refractivity contribution in [2.75, 3.05) is 27.2 Å². The molecule has 2 aromatic carbocycles. The lowest BCUT2D eigenvalue weighted by molar-refractivity contribution is 0.0981. The van der Waals surface area contributed by atoms with Crippen LogP contribution in [0.1, 0.15) is 72.3 Å². The summed E-state index contributed by atoms with van der Waals surface area (Å²) < 4.78 is 25.5. The number of likely N-dealkylation sites (tertiary alicyclic amines) is 1. The second-order valence-electron chi connectivity index (χ2n) is 13.3. The molecular weight excluding hydrogens is 621 g/mol. The predicted octanol–water partition coefficient (Wildman–Crippen LogP) is 6.44. The SMILES string of the molecule is C=C(C1=Cc2ccccc2-c2c(C3CCCCC3)c3ccc(C(=O)NS(=C)(=O)N(C)C)cc3n2C1)N1CCC(Oc2ncccn2)CC1. The van der Waals surface area contributed by atoms with Crippen molar-refractivity contribution in [1.82, 2.24) is 28.5 Å². The topological polar surface area (TPSA) is 92.6 Å². The third kappa shape index (κ3) is 6.26. The summed E-state index contributed by atoms with van der Waals surface area (Å²) in [5.74, 6) is 3.79. The second-order valence-corrected chi connectivity index (χ2v) is 15.6. The highest BCUT2D eigenvalue weighted by Crippen LogP contribution is 2.47. The number of ether oxygens (including phenoxy) is 1. The summed E-state index contributed by atoms with van der Waals surface area (Å²) in [6.45, 7) is 6.91. The number of allylic oxidation sites excluding steroid dienone is 1. The summed E-state index contributed by atoms with van der Waals surface area (Å²) in [7, 11) is 0.349. The summed E-state index contributed by atoms with van der Waals surface area (Å²) in [4.78, 5) is 24.3. The van der Waals surface area contributed by atoms with Crippen molar-refractivity contribution < 1.29 is 13.7 Å². The van der Waals surface area contributed by atoms with Crippen molar-refractivity contribution in [2.45, 2.75) is 63.5 Å². The van der Waals surface area contributed by atoms with Gasteiger partial charge in [-0.05, 0) is 65.6 Å². The van der Waals surface area contributed by atoms with Gasteiger partial charge in [-0.1, -0.05) is 56.2 Å². The van der Waals surface area contributed by atoms with E-state index in [1.807, 2.05) is 12.1 Å². The molecular formula is C38H44N6O3S. The molecule has 2 fully saturated rings. The van der Waals surface area contributed by atoms with E-state index in [0.717, 1.165) is 55.6 Å². The maximum Gasteiger partial charge on any atom is 0.316 e. The van der Waals surface area contributed by atoms with Crippen molar-refractivity contribution in [3.8, 4) is 17.3 Å². The van der Waals surface area contributed by atoms with Gasteiger partial charge < -0.3 is 14.2 Å². The fourth-order valence-corrected chi connectivity index (χ4v) is 8.02. The molecule has 48 heavy (non-hydrogen) atoms. The molecule has 2 aromatic heterocycles. The molecule has 9 nitrogen and oxygen atoms in total. The maximum absolute atomic E-state index is 13.5.